The zero-order chi connectivity index (χ0) is 18.8. The number of benzene rings is 2. The Morgan fingerprint density at radius 3 is 2.81 bits per heavy atom. The van der Waals surface area contributed by atoms with Crippen molar-refractivity contribution in [3.05, 3.63) is 76.4 Å². The summed E-state index contributed by atoms with van der Waals surface area (Å²) >= 11 is 5.00. The van der Waals surface area contributed by atoms with Crippen molar-refractivity contribution in [2.75, 3.05) is 5.32 Å². The van der Waals surface area contributed by atoms with Gasteiger partial charge in [-0.25, -0.2) is 9.97 Å². The second-order valence-corrected chi connectivity index (χ2v) is 8.12. The summed E-state index contributed by atoms with van der Waals surface area (Å²) in [6.07, 6.45) is 2.11. The van der Waals surface area contributed by atoms with Crippen molar-refractivity contribution in [3.63, 3.8) is 0 Å². The number of halogens is 1. The van der Waals surface area contributed by atoms with Crippen molar-refractivity contribution >= 4 is 49.2 Å². The van der Waals surface area contributed by atoms with Gasteiger partial charge < -0.3 is 5.32 Å². The fourth-order valence-corrected chi connectivity index (χ4v) is 4.21. The highest BCUT2D eigenvalue weighted by molar-refractivity contribution is 9.10. The van der Waals surface area contributed by atoms with Crippen LogP contribution in [0.1, 0.15) is 11.1 Å². The SMILES string of the molecule is Cc1cc(-c2nc3cccnc3s2)ccc1NC(=O)Cc1cccc(Br)c1. The van der Waals surface area contributed by atoms with Crippen LogP contribution >= 0.6 is 27.3 Å². The van der Waals surface area contributed by atoms with Crippen LogP contribution in [0, 0.1) is 6.92 Å². The number of rotatable bonds is 4. The van der Waals surface area contributed by atoms with Gasteiger partial charge in [-0.1, -0.05) is 39.4 Å². The summed E-state index contributed by atoms with van der Waals surface area (Å²) < 4.78 is 0.971. The molecule has 0 saturated heterocycles. The molecular weight excluding hydrogens is 422 g/mol. The van der Waals surface area contributed by atoms with Crippen LogP contribution in [0.2, 0.25) is 0 Å². The van der Waals surface area contributed by atoms with E-state index in [0.29, 0.717) is 6.42 Å². The number of nitrogens with one attached hydrogen (secondary N) is 1. The Balaban J connectivity index is 1.52. The van der Waals surface area contributed by atoms with Crippen LogP contribution in [-0.4, -0.2) is 15.9 Å². The van der Waals surface area contributed by atoms with Gasteiger partial charge in [0, 0.05) is 21.9 Å². The van der Waals surface area contributed by atoms with Crippen LogP contribution in [0.25, 0.3) is 20.9 Å². The third-order valence-corrected chi connectivity index (χ3v) is 5.69. The van der Waals surface area contributed by atoms with Gasteiger partial charge in [0.1, 0.15) is 15.4 Å². The van der Waals surface area contributed by atoms with Crippen LogP contribution in [0.5, 0.6) is 0 Å². The van der Waals surface area contributed by atoms with E-state index >= 15 is 0 Å². The highest BCUT2D eigenvalue weighted by Crippen LogP contribution is 2.31. The maximum absolute atomic E-state index is 12.4. The predicted molar refractivity (Wildman–Crippen MR) is 114 cm³/mol. The van der Waals surface area contributed by atoms with Gasteiger partial charge in [-0.3, -0.25) is 4.79 Å². The summed E-state index contributed by atoms with van der Waals surface area (Å²) in [5.41, 5.74) is 4.72. The van der Waals surface area contributed by atoms with E-state index < -0.39 is 0 Å². The lowest BCUT2D eigenvalue weighted by Gasteiger charge is -2.10. The minimum absolute atomic E-state index is 0.0341. The molecule has 0 spiro atoms. The molecule has 0 saturated carbocycles. The minimum atomic E-state index is -0.0341. The second kappa shape index (κ2) is 7.58. The van der Waals surface area contributed by atoms with Crippen molar-refractivity contribution < 1.29 is 4.79 Å². The van der Waals surface area contributed by atoms with E-state index in [1.54, 1.807) is 17.5 Å². The smallest absolute Gasteiger partial charge is 0.228 e. The van der Waals surface area contributed by atoms with Gasteiger partial charge >= 0.3 is 0 Å². The maximum atomic E-state index is 12.4. The number of fused-ring (bicyclic) bond motifs is 1. The Morgan fingerprint density at radius 2 is 2.04 bits per heavy atom. The standard InChI is InChI=1S/C21H16BrN3OS/c1-13-10-15(20-25-18-6-3-9-23-21(18)27-20)7-8-17(13)24-19(26)12-14-4-2-5-16(22)11-14/h2-11H,12H2,1H3,(H,24,26). The molecule has 1 N–H and O–H groups in total. The molecule has 0 bridgehead atoms. The Hall–Kier alpha value is -2.57. The molecule has 0 aliphatic heterocycles. The Labute approximate surface area is 169 Å². The van der Waals surface area contributed by atoms with E-state index in [1.165, 1.54) is 0 Å². The predicted octanol–water partition coefficient (Wildman–Crippen LogP) is 5.61. The summed E-state index contributed by atoms with van der Waals surface area (Å²) in [4.78, 5) is 22.3. The van der Waals surface area contributed by atoms with Crippen LogP contribution in [-0.2, 0) is 11.2 Å². The summed E-state index contributed by atoms with van der Waals surface area (Å²) in [7, 11) is 0. The summed E-state index contributed by atoms with van der Waals surface area (Å²) in [6.45, 7) is 1.99. The molecule has 4 aromatic rings. The molecule has 2 aromatic heterocycles. The van der Waals surface area contributed by atoms with Crippen LogP contribution in [0.15, 0.2) is 65.3 Å². The van der Waals surface area contributed by atoms with E-state index in [4.69, 9.17) is 0 Å². The summed E-state index contributed by atoms with van der Waals surface area (Å²) in [6, 6.07) is 17.6. The minimum Gasteiger partial charge on any atom is -0.326 e. The average molecular weight is 438 g/mol. The number of anilines is 1. The van der Waals surface area contributed by atoms with Crippen LogP contribution < -0.4 is 5.32 Å². The number of hydrogen-bond donors (Lipinski definition) is 1. The van der Waals surface area contributed by atoms with E-state index in [1.807, 2.05) is 61.5 Å². The van der Waals surface area contributed by atoms with E-state index in [2.05, 4.69) is 31.2 Å². The first-order valence-electron chi connectivity index (χ1n) is 8.45. The molecule has 1 amide bonds. The highest BCUT2D eigenvalue weighted by atomic mass is 79.9. The molecule has 0 aliphatic rings. The molecule has 0 fully saturated rings. The van der Waals surface area contributed by atoms with Crippen molar-refractivity contribution in [3.8, 4) is 10.6 Å². The first-order chi connectivity index (χ1) is 13.1. The number of aryl methyl sites for hydroxylation is 1. The fraction of sp³-hybridized carbons (Fsp3) is 0.0952. The van der Waals surface area contributed by atoms with Gasteiger partial charge in [-0.15, -0.1) is 0 Å². The molecule has 0 atom stereocenters. The number of pyridine rings is 1. The number of carbonyl (C=O) groups excluding carboxylic acids is 1. The average Bonchev–Trinajstić information content (AvgIpc) is 3.07. The number of nitrogens with zero attached hydrogens (tertiary/aromatic N) is 2. The molecule has 0 unspecified atom stereocenters. The van der Waals surface area contributed by atoms with Gasteiger partial charge in [0.2, 0.25) is 5.91 Å². The lowest BCUT2D eigenvalue weighted by Crippen LogP contribution is -2.15. The maximum Gasteiger partial charge on any atom is 0.228 e. The molecule has 27 heavy (non-hydrogen) atoms. The lowest BCUT2D eigenvalue weighted by atomic mass is 10.1. The van der Waals surface area contributed by atoms with Gasteiger partial charge in [-0.05, 0) is 60.5 Å². The van der Waals surface area contributed by atoms with E-state index in [9.17, 15) is 4.79 Å². The summed E-state index contributed by atoms with van der Waals surface area (Å²) in [5, 5.41) is 3.93. The number of carbonyl (C=O) groups is 1. The highest BCUT2D eigenvalue weighted by Gasteiger charge is 2.10. The van der Waals surface area contributed by atoms with E-state index in [-0.39, 0.29) is 5.91 Å². The molecule has 4 rings (SSSR count). The monoisotopic (exact) mass is 437 g/mol. The molecular formula is C21H16BrN3OS. The first-order valence-corrected chi connectivity index (χ1v) is 10.1. The number of hydrogen-bond acceptors (Lipinski definition) is 4. The Bertz CT molecular complexity index is 1110. The quantitative estimate of drug-likeness (QED) is 0.451. The van der Waals surface area contributed by atoms with Crippen molar-refractivity contribution in [1.82, 2.24) is 9.97 Å². The zero-order valence-corrected chi connectivity index (χ0v) is 17.0. The molecule has 134 valence electrons. The second-order valence-electron chi connectivity index (χ2n) is 6.23. The van der Waals surface area contributed by atoms with Crippen molar-refractivity contribution in [1.29, 1.82) is 0 Å². The number of aromatic nitrogens is 2. The third-order valence-electron chi connectivity index (χ3n) is 4.17. The van der Waals surface area contributed by atoms with Crippen molar-refractivity contribution in [2.45, 2.75) is 13.3 Å². The molecule has 0 radical (unpaired) electrons. The normalized spacial score (nSPS) is 10.9. The van der Waals surface area contributed by atoms with Gasteiger partial charge in [0.05, 0.1) is 6.42 Å². The zero-order valence-electron chi connectivity index (χ0n) is 14.6. The summed E-state index contributed by atoms with van der Waals surface area (Å²) in [5.74, 6) is -0.0341. The van der Waals surface area contributed by atoms with Crippen LogP contribution in [0.3, 0.4) is 0 Å². The Morgan fingerprint density at radius 1 is 1.15 bits per heavy atom. The van der Waals surface area contributed by atoms with Gasteiger partial charge in [-0.2, -0.15) is 0 Å². The molecule has 2 heterocycles. The topological polar surface area (TPSA) is 54.9 Å². The van der Waals surface area contributed by atoms with Crippen LogP contribution in [0.4, 0.5) is 5.69 Å². The lowest BCUT2D eigenvalue weighted by molar-refractivity contribution is -0.115. The largest absolute Gasteiger partial charge is 0.326 e. The number of thiazole rings is 1. The van der Waals surface area contributed by atoms with Gasteiger partial charge in [0.25, 0.3) is 0 Å². The molecule has 2 aromatic carbocycles. The number of amides is 1. The molecule has 6 heteroatoms. The fourth-order valence-electron chi connectivity index (χ4n) is 2.86. The first kappa shape index (κ1) is 17.8. The third kappa shape index (κ3) is 4.07. The van der Waals surface area contributed by atoms with Gasteiger partial charge in [0.15, 0.2) is 0 Å². The van der Waals surface area contributed by atoms with E-state index in [0.717, 1.165) is 42.2 Å². The van der Waals surface area contributed by atoms with Crippen molar-refractivity contribution in [2.24, 2.45) is 0 Å². The molecule has 0 aliphatic carbocycles. The Kier molecular flexibility index (Phi) is 5.01. The molecule has 4 nitrogen and oxygen atoms in total.